The fraction of sp³-hybridized carbons (Fsp3) is 0.455. The minimum absolute atomic E-state index is 0. The van der Waals surface area contributed by atoms with Crippen molar-refractivity contribution in [3.05, 3.63) is 65.7 Å². The van der Waals surface area contributed by atoms with Crippen molar-refractivity contribution >= 4 is 12.4 Å². The zero-order valence-corrected chi connectivity index (χ0v) is 16.3. The first-order valence-electron chi connectivity index (χ1n) is 9.33. The molecule has 1 unspecified atom stereocenters. The van der Waals surface area contributed by atoms with Crippen molar-refractivity contribution in [1.29, 1.82) is 0 Å². The van der Waals surface area contributed by atoms with Gasteiger partial charge in [0.25, 0.3) is 0 Å². The van der Waals surface area contributed by atoms with E-state index in [2.05, 4.69) is 35.2 Å². The molecule has 0 radical (unpaired) electrons. The van der Waals surface area contributed by atoms with Crippen molar-refractivity contribution in [2.75, 3.05) is 26.2 Å². The first kappa shape index (κ1) is 20.8. The van der Waals surface area contributed by atoms with E-state index in [0.29, 0.717) is 13.2 Å². The van der Waals surface area contributed by atoms with E-state index in [4.69, 9.17) is 4.74 Å². The third-order valence-corrected chi connectivity index (χ3v) is 5.07. The number of rotatable bonds is 7. The normalized spacial score (nSPS) is 16.7. The highest BCUT2D eigenvalue weighted by molar-refractivity contribution is 5.85. The third kappa shape index (κ3) is 6.31. The predicted octanol–water partition coefficient (Wildman–Crippen LogP) is 4.11. The molecule has 0 bridgehead atoms. The first-order chi connectivity index (χ1) is 12.2. The van der Waals surface area contributed by atoms with Crippen LogP contribution in [0.25, 0.3) is 0 Å². The zero-order chi connectivity index (χ0) is 17.5. The number of halogens is 1. The summed E-state index contributed by atoms with van der Waals surface area (Å²) in [7, 11) is 0. The van der Waals surface area contributed by atoms with Crippen LogP contribution in [0.4, 0.5) is 0 Å². The van der Waals surface area contributed by atoms with Gasteiger partial charge in [0, 0.05) is 6.54 Å². The maximum Gasteiger partial charge on any atom is 0.122 e. The summed E-state index contributed by atoms with van der Waals surface area (Å²) in [5.41, 5.74) is 2.55. The Morgan fingerprint density at radius 3 is 2.38 bits per heavy atom. The molecule has 1 fully saturated rings. The Kier molecular flexibility index (Phi) is 8.43. The van der Waals surface area contributed by atoms with E-state index in [1.54, 1.807) is 0 Å². The molecule has 1 N–H and O–H groups in total. The van der Waals surface area contributed by atoms with Gasteiger partial charge < -0.3 is 14.7 Å². The van der Waals surface area contributed by atoms with Gasteiger partial charge in [0.15, 0.2) is 0 Å². The zero-order valence-electron chi connectivity index (χ0n) is 15.5. The fourth-order valence-electron chi connectivity index (χ4n) is 3.58. The standard InChI is InChI=1S/C22H29NO2.ClH/c1-18-7-5-6-10-22(18)25-17-21(24)16-23-13-11-20(12-14-23)15-19-8-3-2-4-9-19;/h2-10,20-21,24H,11-17H2,1H3;1H. The highest BCUT2D eigenvalue weighted by atomic mass is 35.5. The Morgan fingerprint density at radius 2 is 1.69 bits per heavy atom. The minimum Gasteiger partial charge on any atom is -0.491 e. The number of aryl methyl sites for hydroxylation is 1. The SMILES string of the molecule is Cc1ccccc1OCC(O)CN1CCC(Cc2ccccc2)CC1.Cl. The molecule has 3 nitrogen and oxygen atoms in total. The average molecular weight is 376 g/mol. The molecule has 2 aromatic rings. The number of nitrogens with zero attached hydrogens (tertiary/aromatic N) is 1. The Labute approximate surface area is 163 Å². The lowest BCUT2D eigenvalue weighted by atomic mass is 9.90. The molecule has 0 aromatic heterocycles. The Bertz CT molecular complexity index is 642. The van der Waals surface area contributed by atoms with Gasteiger partial charge >= 0.3 is 0 Å². The Morgan fingerprint density at radius 1 is 1.04 bits per heavy atom. The number of likely N-dealkylation sites (tertiary alicyclic amines) is 1. The number of hydrogen-bond acceptors (Lipinski definition) is 3. The monoisotopic (exact) mass is 375 g/mol. The lowest BCUT2D eigenvalue weighted by Gasteiger charge is -2.33. The molecule has 0 saturated carbocycles. The second kappa shape index (κ2) is 10.6. The van der Waals surface area contributed by atoms with Gasteiger partial charge in [-0.3, -0.25) is 0 Å². The van der Waals surface area contributed by atoms with Gasteiger partial charge in [-0.05, 0) is 62.4 Å². The number of ether oxygens (including phenoxy) is 1. The highest BCUT2D eigenvalue weighted by Gasteiger charge is 2.21. The van der Waals surface area contributed by atoms with E-state index in [1.165, 1.54) is 24.8 Å². The second-order valence-corrected chi connectivity index (χ2v) is 7.16. The largest absolute Gasteiger partial charge is 0.491 e. The van der Waals surface area contributed by atoms with Crippen molar-refractivity contribution in [3.63, 3.8) is 0 Å². The molecular formula is C22H30ClNO2. The molecule has 1 atom stereocenters. The summed E-state index contributed by atoms with van der Waals surface area (Å²) >= 11 is 0. The van der Waals surface area contributed by atoms with Crippen molar-refractivity contribution in [2.45, 2.75) is 32.3 Å². The summed E-state index contributed by atoms with van der Waals surface area (Å²) in [6.45, 7) is 5.22. The molecule has 1 aliphatic heterocycles. The predicted molar refractivity (Wildman–Crippen MR) is 109 cm³/mol. The van der Waals surface area contributed by atoms with Crippen molar-refractivity contribution in [1.82, 2.24) is 4.90 Å². The maximum atomic E-state index is 10.3. The number of β-amino-alcohol motifs (C(OH)–C–C–N with tert-alkyl or cyclic N) is 1. The van der Waals surface area contributed by atoms with E-state index in [1.807, 2.05) is 31.2 Å². The topological polar surface area (TPSA) is 32.7 Å². The third-order valence-electron chi connectivity index (χ3n) is 5.07. The highest BCUT2D eigenvalue weighted by Crippen LogP contribution is 2.22. The average Bonchev–Trinajstić information content (AvgIpc) is 2.64. The lowest BCUT2D eigenvalue weighted by Crippen LogP contribution is -2.41. The van der Waals surface area contributed by atoms with Gasteiger partial charge in [-0.25, -0.2) is 0 Å². The van der Waals surface area contributed by atoms with E-state index in [0.717, 1.165) is 30.3 Å². The van der Waals surface area contributed by atoms with E-state index < -0.39 is 6.10 Å². The van der Waals surface area contributed by atoms with E-state index >= 15 is 0 Å². The molecule has 3 rings (SSSR count). The van der Waals surface area contributed by atoms with E-state index in [9.17, 15) is 5.11 Å². The van der Waals surface area contributed by atoms with Crippen LogP contribution in [-0.2, 0) is 6.42 Å². The van der Waals surface area contributed by atoms with Crippen LogP contribution < -0.4 is 4.74 Å². The van der Waals surface area contributed by atoms with Gasteiger partial charge in [0.05, 0.1) is 0 Å². The van der Waals surface area contributed by atoms with Crippen LogP contribution in [0, 0.1) is 12.8 Å². The molecule has 1 saturated heterocycles. The van der Waals surface area contributed by atoms with Gasteiger partial charge in [0.1, 0.15) is 18.5 Å². The summed E-state index contributed by atoms with van der Waals surface area (Å²) in [5, 5.41) is 10.3. The minimum atomic E-state index is -0.440. The second-order valence-electron chi connectivity index (χ2n) is 7.16. The summed E-state index contributed by atoms with van der Waals surface area (Å²) in [4.78, 5) is 2.37. The van der Waals surface area contributed by atoms with Gasteiger partial charge in [-0.2, -0.15) is 0 Å². The maximum absolute atomic E-state index is 10.3. The molecule has 26 heavy (non-hydrogen) atoms. The quantitative estimate of drug-likeness (QED) is 0.790. The molecular weight excluding hydrogens is 346 g/mol. The molecule has 1 heterocycles. The van der Waals surface area contributed by atoms with Crippen LogP contribution in [0.3, 0.4) is 0 Å². The molecule has 2 aromatic carbocycles. The smallest absolute Gasteiger partial charge is 0.122 e. The Hall–Kier alpha value is -1.55. The summed E-state index contributed by atoms with van der Waals surface area (Å²) in [5.74, 6) is 1.63. The molecule has 0 aliphatic carbocycles. The molecule has 0 amide bonds. The van der Waals surface area contributed by atoms with Crippen LogP contribution in [0.15, 0.2) is 54.6 Å². The van der Waals surface area contributed by atoms with Crippen LogP contribution >= 0.6 is 12.4 Å². The molecule has 4 heteroatoms. The molecule has 0 spiro atoms. The number of piperidine rings is 1. The van der Waals surface area contributed by atoms with Crippen LogP contribution in [0.2, 0.25) is 0 Å². The molecule has 1 aliphatic rings. The summed E-state index contributed by atoms with van der Waals surface area (Å²) < 4.78 is 5.76. The number of hydrogen-bond donors (Lipinski definition) is 1. The van der Waals surface area contributed by atoms with Crippen molar-refractivity contribution in [2.24, 2.45) is 5.92 Å². The number of aliphatic hydroxyl groups is 1. The van der Waals surface area contributed by atoms with Crippen molar-refractivity contribution in [3.8, 4) is 5.75 Å². The van der Waals surface area contributed by atoms with E-state index in [-0.39, 0.29) is 12.4 Å². The van der Waals surface area contributed by atoms with Crippen LogP contribution in [-0.4, -0.2) is 42.4 Å². The fourth-order valence-corrected chi connectivity index (χ4v) is 3.58. The van der Waals surface area contributed by atoms with Gasteiger partial charge in [0.2, 0.25) is 0 Å². The van der Waals surface area contributed by atoms with Gasteiger partial charge in [-0.1, -0.05) is 48.5 Å². The number of aliphatic hydroxyl groups excluding tert-OH is 1. The van der Waals surface area contributed by atoms with Crippen LogP contribution in [0.1, 0.15) is 24.0 Å². The van der Waals surface area contributed by atoms with Crippen LogP contribution in [0.5, 0.6) is 5.75 Å². The van der Waals surface area contributed by atoms with Gasteiger partial charge in [-0.15, -0.1) is 12.4 Å². The lowest BCUT2D eigenvalue weighted by molar-refractivity contribution is 0.0549. The Balaban J connectivity index is 0.00000243. The first-order valence-corrected chi connectivity index (χ1v) is 9.33. The number of para-hydroxylation sites is 1. The summed E-state index contributed by atoms with van der Waals surface area (Å²) in [6.07, 6.45) is 3.15. The number of benzene rings is 2. The van der Waals surface area contributed by atoms with Crippen molar-refractivity contribution < 1.29 is 9.84 Å². The summed E-state index contributed by atoms with van der Waals surface area (Å²) in [6, 6.07) is 18.7. The molecule has 142 valence electrons.